The van der Waals surface area contributed by atoms with Crippen molar-refractivity contribution in [2.24, 2.45) is 5.92 Å². The number of hydrogen-bond acceptors (Lipinski definition) is 20. The van der Waals surface area contributed by atoms with Gasteiger partial charge in [0.25, 0.3) is 15.7 Å². The molecule has 0 unspecified atom stereocenters. The molecule has 6 amide bonds. The summed E-state index contributed by atoms with van der Waals surface area (Å²) >= 11 is 0. The highest BCUT2D eigenvalue weighted by atomic mass is 32.2. The van der Waals surface area contributed by atoms with Gasteiger partial charge in [-0.05, 0) is 74.9 Å². The fourth-order valence-electron chi connectivity index (χ4n) is 9.96. The number of carbonyl (C=O) groups is 8. The summed E-state index contributed by atoms with van der Waals surface area (Å²) in [5.74, 6) is -9.60. The number of amides is 6. The average Bonchev–Trinajstić information content (AvgIpc) is 1.71. The Morgan fingerprint density at radius 2 is 1.58 bits per heavy atom. The van der Waals surface area contributed by atoms with Crippen LogP contribution in [0, 0.1) is 5.92 Å². The number of ether oxygens (including phenoxy) is 4. The van der Waals surface area contributed by atoms with Crippen molar-refractivity contribution in [2.75, 3.05) is 24.7 Å². The molecular weight excluding hydrogens is 1140 g/mol. The van der Waals surface area contributed by atoms with E-state index < -0.39 is 148 Å². The highest BCUT2D eigenvalue weighted by molar-refractivity contribution is 7.85. The summed E-state index contributed by atoms with van der Waals surface area (Å²) < 4.78 is 57.0. The van der Waals surface area contributed by atoms with Crippen LogP contribution >= 0.6 is 0 Å². The number of carboxylic acid groups (broad SMARTS) is 1. The number of pyridine rings is 2. The molecule has 2 aromatic heterocycles. The van der Waals surface area contributed by atoms with Gasteiger partial charge in [0, 0.05) is 49.0 Å². The summed E-state index contributed by atoms with van der Waals surface area (Å²) in [6.07, 6.45) is -11.8. The normalized spacial score (nSPS) is 20.8. The summed E-state index contributed by atoms with van der Waals surface area (Å²) in [7, 11) is -3.58. The predicted octanol–water partition coefficient (Wildman–Crippen LogP) is -0.577. The molecule has 1 saturated heterocycles. The number of aliphatic carboxylic acids is 1. The van der Waals surface area contributed by atoms with Crippen molar-refractivity contribution < 1.29 is 95.8 Å². The molecule has 0 spiro atoms. The number of esters is 1. The number of fused-ring (bicyclic) bond motifs is 5. The van der Waals surface area contributed by atoms with Gasteiger partial charge in [0.05, 0.1) is 34.7 Å². The van der Waals surface area contributed by atoms with Gasteiger partial charge in [-0.1, -0.05) is 45.0 Å². The molecule has 5 heterocycles. The first-order chi connectivity index (χ1) is 40.0. The number of anilines is 1. The first-order valence-corrected chi connectivity index (χ1v) is 28.7. The van der Waals surface area contributed by atoms with Crippen molar-refractivity contribution in [1.29, 1.82) is 0 Å². The van der Waals surface area contributed by atoms with Crippen molar-refractivity contribution in [1.82, 2.24) is 35.7 Å². The van der Waals surface area contributed by atoms with Crippen LogP contribution in [-0.4, -0.2) is 175 Å². The molecule has 4 aromatic rings. The lowest BCUT2D eigenvalue weighted by Crippen LogP contribution is -2.61. The summed E-state index contributed by atoms with van der Waals surface area (Å²) in [4.78, 5) is 124. The number of carboxylic acids is 1. The number of hydrogen-bond donors (Lipinski definition) is 11. The minimum absolute atomic E-state index is 0.0435. The monoisotopic (exact) mass is 1210 g/mol. The van der Waals surface area contributed by atoms with Gasteiger partial charge in [0.2, 0.25) is 35.8 Å². The Kier molecular flexibility index (Phi) is 20.0. The molecule has 2 aromatic carbocycles. The Labute approximate surface area is 486 Å². The van der Waals surface area contributed by atoms with E-state index in [1.54, 1.807) is 39.0 Å². The van der Waals surface area contributed by atoms with Gasteiger partial charge in [0.15, 0.2) is 11.7 Å². The number of aliphatic hydroxyl groups is 4. The number of cyclic esters (lactones) is 1. The van der Waals surface area contributed by atoms with Gasteiger partial charge in [-0.15, -0.1) is 0 Å². The molecule has 0 bridgehead atoms. The Morgan fingerprint density at radius 1 is 0.882 bits per heavy atom. The smallest absolute Gasteiger partial charge is 0.410 e. The second kappa shape index (κ2) is 26.4. The van der Waals surface area contributed by atoms with E-state index in [0.717, 1.165) is 10.9 Å². The fraction of sp³-hybridized carbons (Fsp3) is 0.491. The first-order valence-electron chi connectivity index (χ1n) is 27.1. The van der Waals surface area contributed by atoms with E-state index >= 15 is 0 Å². The van der Waals surface area contributed by atoms with E-state index in [4.69, 9.17) is 23.9 Å². The lowest BCUT2D eigenvalue weighted by atomic mass is 9.86. The molecule has 460 valence electrons. The van der Waals surface area contributed by atoms with Gasteiger partial charge < -0.3 is 80.5 Å². The summed E-state index contributed by atoms with van der Waals surface area (Å²) in [5, 5.41) is 65.4. The Morgan fingerprint density at radius 3 is 2.22 bits per heavy atom. The van der Waals surface area contributed by atoms with E-state index in [0.29, 0.717) is 22.5 Å². The van der Waals surface area contributed by atoms with E-state index in [2.05, 4.69) is 26.6 Å². The zero-order chi connectivity index (χ0) is 62.6. The number of benzene rings is 2. The van der Waals surface area contributed by atoms with Gasteiger partial charge in [-0.2, -0.15) is 8.42 Å². The van der Waals surface area contributed by atoms with Crippen molar-refractivity contribution >= 4 is 74.3 Å². The van der Waals surface area contributed by atoms with Gasteiger partial charge in [0.1, 0.15) is 61.2 Å². The lowest BCUT2D eigenvalue weighted by Gasteiger charge is -2.38. The summed E-state index contributed by atoms with van der Waals surface area (Å²) in [6.45, 7) is 8.75. The molecular formula is C55H68N8O21S. The van der Waals surface area contributed by atoms with E-state index in [9.17, 15) is 81.7 Å². The van der Waals surface area contributed by atoms with Crippen LogP contribution in [0.4, 0.5) is 10.5 Å². The van der Waals surface area contributed by atoms with E-state index in [1.165, 1.54) is 55.5 Å². The molecule has 0 saturated carbocycles. The number of carbonyl (C=O) groups excluding carboxylic acids is 7. The SMILES string of the molecule is CC[C@@]1(O)C(=O)OCc2c1cc1n(c2=O)Cc2c-1nc1ccccc1c2CCN(C(=O)OCc1ccc(NC(=O)[C@H](C)NC(=O)[C@@H](NC(=O)[C@H](CS(=O)(=O)O)NC(=O)CCC(=O)NC)C(C)C)c(O[C@@H]2O[C@H](C(=O)O)[C@@H](O)[C@H](O)[C@H]2O)c1)C(C)C. The van der Waals surface area contributed by atoms with Crippen molar-refractivity contribution in [3.8, 4) is 17.1 Å². The van der Waals surface area contributed by atoms with Crippen LogP contribution in [0.5, 0.6) is 5.75 Å². The van der Waals surface area contributed by atoms with E-state index in [-0.39, 0.29) is 67.1 Å². The minimum atomic E-state index is -4.90. The average molecular weight is 1210 g/mol. The predicted molar refractivity (Wildman–Crippen MR) is 296 cm³/mol. The molecule has 30 heteroatoms. The molecule has 7 rings (SSSR count). The number of para-hydroxylation sites is 1. The first kappa shape index (κ1) is 64.4. The quantitative estimate of drug-likeness (QED) is 0.0288. The molecule has 1 fully saturated rings. The number of rotatable bonds is 23. The third-order valence-corrected chi connectivity index (χ3v) is 15.5. The van der Waals surface area contributed by atoms with Gasteiger partial charge in [-0.3, -0.25) is 33.3 Å². The molecule has 29 nitrogen and oxygen atoms in total. The van der Waals surface area contributed by atoms with Crippen molar-refractivity contribution in [3.63, 3.8) is 0 Å². The Balaban J connectivity index is 1.09. The van der Waals surface area contributed by atoms with Gasteiger partial charge in [-0.25, -0.2) is 19.4 Å². The number of nitrogens with zero attached hydrogens (tertiary/aromatic N) is 3. The lowest BCUT2D eigenvalue weighted by molar-refractivity contribution is -0.271. The number of aromatic nitrogens is 2. The van der Waals surface area contributed by atoms with Crippen molar-refractivity contribution in [3.05, 3.63) is 86.7 Å². The maximum Gasteiger partial charge on any atom is 0.410 e. The van der Waals surface area contributed by atoms with E-state index in [1.807, 2.05) is 12.1 Å². The van der Waals surface area contributed by atoms with Crippen LogP contribution in [0.3, 0.4) is 0 Å². The van der Waals surface area contributed by atoms with Crippen LogP contribution in [0.1, 0.15) is 88.6 Å². The number of aliphatic hydroxyl groups excluding tert-OH is 3. The second-order valence-corrected chi connectivity index (χ2v) is 22.8. The maximum absolute atomic E-state index is 14.1. The van der Waals surface area contributed by atoms with Crippen LogP contribution < -0.4 is 36.9 Å². The zero-order valence-corrected chi connectivity index (χ0v) is 48.1. The fourth-order valence-corrected chi connectivity index (χ4v) is 10.6. The third kappa shape index (κ3) is 14.3. The van der Waals surface area contributed by atoms with Crippen LogP contribution in [-0.2, 0) is 89.7 Å². The van der Waals surface area contributed by atoms with Crippen LogP contribution in [0.25, 0.3) is 22.3 Å². The Bertz CT molecular complexity index is 3470. The van der Waals surface area contributed by atoms with Crippen molar-refractivity contribution in [2.45, 2.75) is 147 Å². The largest absolute Gasteiger partial charge is 0.479 e. The third-order valence-electron chi connectivity index (χ3n) is 14.8. The molecule has 0 aliphatic carbocycles. The van der Waals surface area contributed by atoms with Gasteiger partial charge >= 0.3 is 18.0 Å². The molecule has 85 heavy (non-hydrogen) atoms. The van der Waals surface area contributed by atoms with Crippen LogP contribution in [0.2, 0.25) is 0 Å². The summed E-state index contributed by atoms with van der Waals surface area (Å²) in [6, 6.07) is 7.46. The molecule has 11 N–H and O–H groups in total. The maximum atomic E-state index is 14.1. The molecule has 9 atom stereocenters. The summed E-state index contributed by atoms with van der Waals surface area (Å²) in [5.41, 5.74) is 0.700. The Hall–Kier alpha value is -8.13. The standard InChI is InChI=1S/C55H68N8O21S/c1-8-55(77)33-20-37-42-31(21-63(37)50(72)32(33)23-81-53(55)75)29(30-11-9-10-12-34(30)59-42)17-18-62(26(4)5)54(76)82-22-28-13-14-35(38(19-28)83-52-45(68)43(66)44(67)46(84-52)51(73)74)60-47(69)27(6)57-49(71)41(25(2)3)61-48(70)36(24-85(78,79)80)58-40(65)16-15-39(64)56-7/h9-14,19-20,25-27,36,41,43-46,52,66-68,77H,8,15-18,21-24H2,1-7H3,(H,56,64)(H,57,71)(H,58,65)(H,60,69)(H,61,70)(H,73,74)(H,78,79,80)/t27-,36-,41-,43-,44-,45+,46-,52+,55-/m0/s1. The van der Waals surface area contributed by atoms with Crippen LogP contribution in [0.15, 0.2) is 53.3 Å². The molecule has 3 aliphatic rings. The highest BCUT2D eigenvalue weighted by Gasteiger charge is 2.49. The zero-order valence-electron chi connectivity index (χ0n) is 47.3. The molecule has 3 aliphatic heterocycles. The second-order valence-electron chi connectivity index (χ2n) is 21.3. The molecule has 0 radical (unpaired) electrons. The topological polar surface area (TPSA) is 427 Å². The minimum Gasteiger partial charge on any atom is -0.479 e. The highest BCUT2D eigenvalue weighted by Crippen LogP contribution is 2.41. The number of nitrogens with one attached hydrogen (secondary N) is 5.